The van der Waals surface area contributed by atoms with Crippen LogP contribution in [0.25, 0.3) is 0 Å². The van der Waals surface area contributed by atoms with E-state index in [1.807, 2.05) is 42.3 Å². The summed E-state index contributed by atoms with van der Waals surface area (Å²) in [6, 6.07) is 16.2. The van der Waals surface area contributed by atoms with E-state index in [0.717, 1.165) is 15.8 Å². The van der Waals surface area contributed by atoms with Gasteiger partial charge in [-0.25, -0.2) is 0 Å². The van der Waals surface area contributed by atoms with Gasteiger partial charge in [-0.3, -0.25) is 0 Å². The zero-order valence-electron chi connectivity index (χ0n) is 10.3. The molecule has 2 rings (SSSR count). The summed E-state index contributed by atoms with van der Waals surface area (Å²) < 4.78 is 0.821. The number of aryl methyl sites for hydroxylation is 1. The van der Waals surface area contributed by atoms with E-state index in [4.69, 9.17) is 0 Å². The highest BCUT2D eigenvalue weighted by atomic mass is 79.9. The van der Waals surface area contributed by atoms with Gasteiger partial charge >= 0.3 is 0 Å². The lowest BCUT2D eigenvalue weighted by Crippen LogP contribution is -2.11. The number of hydrogen-bond acceptors (Lipinski definition) is 2. The third kappa shape index (κ3) is 2.39. The van der Waals surface area contributed by atoms with Crippen LogP contribution in [0.1, 0.15) is 11.1 Å². The van der Waals surface area contributed by atoms with Gasteiger partial charge in [-0.05, 0) is 52.7 Å². The average molecular weight is 301 g/mol. The molecule has 0 aromatic heterocycles. The summed E-state index contributed by atoms with van der Waals surface area (Å²) in [5.74, 6) is 0. The predicted molar refractivity (Wildman–Crippen MR) is 78.1 cm³/mol. The SMILES string of the molecule is Cc1cccc(N(C)c2cccc(Br)c2C#N)c1. The second-order valence-electron chi connectivity index (χ2n) is 4.14. The van der Waals surface area contributed by atoms with E-state index < -0.39 is 0 Å². The topological polar surface area (TPSA) is 27.0 Å². The largest absolute Gasteiger partial charge is 0.344 e. The maximum absolute atomic E-state index is 9.24. The van der Waals surface area contributed by atoms with Crippen molar-refractivity contribution in [1.82, 2.24) is 0 Å². The molecule has 0 bridgehead atoms. The third-order valence-corrected chi connectivity index (χ3v) is 3.51. The van der Waals surface area contributed by atoms with E-state index in [-0.39, 0.29) is 0 Å². The summed E-state index contributed by atoms with van der Waals surface area (Å²) >= 11 is 3.41. The van der Waals surface area contributed by atoms with Gasteiger partial charge in [0.25, 0.3) is 0 Å². The van der Waals surface area contributed by atoms with Gasteiger partial charge < -0.3 is 4.90 Å². The highest BCUT2D eigenvalue weighted by Crippen LogP contribution is 2.31. The number of halogens is 1. The first-order valence-electron chi connectivity index (χ1n) is 5.62. The molecule has 18 heavy (non-hydrogen) atoms. The maximum Gasteiger partial charge on any atom is 0.103 e. The Morgan fingerprint density at radius 1 is 1.17 bits per heavy atom. The lowest BCUT2D eigenvalue weighted by Gasteiger charge is -2.21. The van der Waals surface area contributed by atoms with Crippen molar-refractivity contribution in [3.8, 4) is 6.07 Å². The monoisotopic (exact) mass is 300 g/mol. The van der Waals surface area contributed by atoms with Gasteiger partial charge in [0.2, 0.25) is 0 Å². The van der Waals surface area contributed by atoms with Crippen molar-refractivity contribution in [3.05, 3.63) is 58.1 Å². The van der Waals surface area contributed by atoms with E-state index in [0.29, 0.717) is 5.56 Å². The second-order valence-corrected chi connectivity index (χ2v) is 5.00. The lowest BCUT2D eigenvalue weighted by molar-refractivity contribution is 1.19. The van der Waals surface area contributed by atoms with E-state index in [9.17, 15) is 5.26 Å². The Bertz CT molecular complexity index is 614. The molecule has 90 valence electrons. The van der Waals surface area contributed by atoms with Crippen molar-refractivity contribution >= 4 is 27.3 Å². The molecule has 0 amide bonds. The van der Waals surface area contributed by atoms with Gasteiger partial charge in [0, 0.05) is 17.2 Å². The van der Waals surface area contributed by atoms with Crippen molar-refractivity contribution in [1.29, 1.82) is 5.26 Å². The molecule has 0 saturated heterocycles. The predicted octanol–water partition coefficient (Wildman–Crippen LogP) is 4.40. The first-order valence-corrected chi connectivity index (χ1v) is 6.42. The summed E-state index contributed by atoms with van der Waals surface area (Å²) in [5.41, 5.74) is 3.83. The fraction of sp³-hybridized carbons (Fsp3) is 0.133. The Balaban J connectivity index is 2.50. The van der Waals surface area contributed by atoms with E-state index in [2.05, 4.69) is 41.1 Å². The van der Waals surface area contributed by atoms with Crippen LogP contribution < -0.4 is 4.90 Å². The lowest BCUT2D eigenvalue weighted by atomic mass is 10.1. The van der Waals surface area contributed by atoms with Crippen LogP contribution in [0.4, 0.5) is 11.4 Å². The molecule has 2 aromatic carbocycles. The Morgan fingerprint density at radius 3 is 2.56 bits per heavy atom. The first kappa shape index (κ1) is 12.7. The zero-order chi connectivity index (χ0) is 13.1. The van der Waals surface area contributed by atoms with Crippen LogP contribution in [0.5, 0.6) is 0 Å². The van der Waals surface area contributed by atoms with Gasteiger partial charge in [-0.2, -0.15) is 5.26 Å². The standard InChI is InChI=1S/C15H13BrN2/c1-11-5-3-6-12(9-11)18(2)15-8-4-7-14(16)13(15)10-17/h3-9H,1-2H3. The minimum absolute atomic E-state index is 0.654. The molecule has 0 heterocycles. The molecule has 0 N–H and O–H groups in total. The highest BCUT2D eigenvalue weighted by Gasteiger charge is 2.11. The van der Waals surface area contributed by atoms with Crippen molar-refractivity contribution in [2.24, 2.45) is 0 Å². The normalized spacial score (nSPS) is 9.89. The van der Waals surface area contributed by atoms with E-state index in [1.54, 1.807) is 0 Å². The fourth-order valence-electron chi connectivity index (χ4n) is 1.88. The Kier molecular flexibility index (Phi) is 3.69. The molecule has 0 spiro atoms. The van der Waals surface area contributed by atoms with Crippen LogP contribution >= 0.6 is 15.9 Å². The van der Waals surface area contributed by atoms with Gasteiger partial charge in [0.1, 0.15) is 6.07 Å². The second kappa shape index (κ2) is 5.24. The Morgan fingerprint density at radius 2 is 1.89 bits per heavy atom. The molecule has 0 radical (unpaired) electrons. The van der Waals surface area contributed by atoms with Crippen LogP contribution in [-0.4, -0.2) is 7.05 Å². The van der Waals surface area contributed by atoms with Crippen molar-refractivity contribution < 1.29 is 0 Å². The molecular formula is C15H13BrN2. The van der Waals surface area contributed by atoms with Gasteiger partial charge in [-0.15, -0.1) is 0 Å². The third-order valence-electron chi connectivity index (χ3n) is 2.85. The first-order chi connectivity index (χ1) is 8.63. The number of anilines is 2. The Labute approximate surface area is 116 Å². The molecule has 0 fully saturated rings. The molecule has 2 nitrogen and oxygen atoms in total. The van der Waals surface area contributed by atoms with Gasteiger partial charge in [0.05, 0.1) is 11.3 Å². The minimum atomic E-state index is 0.654. The molecule has 0 aliphatic carbocycles. The van der Waals surface area contributed by atoms with Crippen LogP contribution in [0.15, 0.2) is 46.9 Å². The molecule has 0 atom stereocenters. The minimum Gasteiger partial charge on any atom is -0.344 e. The van der Waals surface area contributed by atoms with Crippen LogP contribution in [0.3, 0.4) is 0 Å². The zero-order valence-corrected chi connectivity index (χ0v) is 11.9. The van der Waals surface area contributed by atoms with Crippen LogP contribution in [-0.2, 0) is 0 Å². The van der Waals surface area contributed by atoms with E-state index in [1.165, 1.54) is 5.56 Å². The smallest absolute Gasteiger partial charge is 0.103 e. The molecule has 0 unspecified atom stereocenters. The van der Waals surface area contributed by atoms with Crippen LogP contribution in [0.2, 0.25) is 0 Å². The summed E-state index contributed by atoms with van der Waals surface area (Å²) in [7, 11) is 1.97. The molecule has 0 aliphatic rings. The van der Waals surface area contributed by atoms with Crippen molar-refractivity contribution in [3.63, 3.8) is 0 Å². The summed E-state index contributed by atoms with van der Waals surface area (Å²) in [4.78, 5) is 2.02. The highest BCUT2D eigenvalue weighted by molar-refractivity contribution is 9.10. The maximum atomic E-state index is 9.24. The quantitative estimate of drug-likeness (QED) is 0.822. The number of nitriles is 1. The Hall–Kier alpha value is -1.79. The number of nitrogens with zero attached hydrogens (tertiary/aromatic N) is 2. The summed E-state index contributed by atoms with van der Waals surface area (Å²) in [6.07, 6.45) is 0. The van der Waals surface area contributed by atoms with Crippen molar-refractivity contribution in [2.75, 3.05) is 11.9 Å². The average Bonchev–Trinajstić information content (AvgIpc) is 2.37. The number of hydrogen-bond donors (Lipinski definition) is 0. The van der Waals surface area contributed by atoms with Crippen LogP contribution in [0, 0.1) is 18.3 Å². The number of benzene rings is 2. The summed E-state index contributed by atoms with van der Waals surface area (Å²) in [5, 5.41) is 9.24. The molecule has 2 aromatic rings. The molecular weight excluding hydrogens is 288 g/mol. The van der Waals surface area contributed by atoms with E-state index >= 15 is 0 Å². The molecule has 0 saturated carbocycles. The molecule has 0 aliphatic heterocycles. The van der Waals surface area contributed by atoms with Gasteiger partial charge in [-0.1, -0.05) is 18.2 Å². The summed E-state index contributed by atoms with van der Waals surface area (Å²) in [6.45, 7) is 2.06. The fourth-order valence-corrected chi connectivity index (χ4v) is 2.32. The van der Waals surface area contributed by atoms with Crippen molar-refractivity contribution in [2.45, 2.75) is 6.92 Å². The number of rotatable bonds is 2. The molecule has 3 heteroatoms. The van der Waals surface area contributed by atoms with Gasteiger partial charge in [0.15, 0.2) is 0 Å².